The van der Waals surface area contributed by atoms with Crippen LogP contribution >= 0.6 is 11.6 Å². The number of anilines is 2. The molecule has 138 valence electrons. The van der Waals surface area contributed by atoms with Gasteiger partial charge in [-0.15, -0.1) is 10.2 Å². The van der Waals surface area contributed by atoms with Crippen LogP contribution < -0.4 is 11.5 Å². The lowest BCUT2D eigenvalue weighted by Crippen LogP contribution is -2.05. The number of hydrogen-bond donors (Lipinski definition) is 2. The summed E-state index contributed by atoms with van der Waals surface area (Å²) in [5, 5.41) is 7.19. The molecular formula is C15H10ClF3N8. The van der Waals surface area contributed by atoms with Gasteiger partial charge in [-0.2, -0.15) is 13.2 Å². The van der Waals surface area contributed by atoms with Crippen LogP contribution in [-0.2, 0) is 6.18 Å². The van der Waals surface area contributed by atoms with Crippen molar-refractivity contribution in [2.24, 2.45) is 10.2 Å². The molecule has 2 aromatic heterocycles. The molecule has 0 atom stereocenters. The summed E-state index contributed by atoms with van der Waals surface area (Å²) >= 11 is 5.62. The highest BCUT2D eigenvalue weighted by Crippen LogP contribution is 2.39. The Morgan fingerprint density at radius 2 is 1.70 bits per heavy atom. The fourth-order valence-electron chi connectivity index (χ4n) is 2.05. The van der Waals surface area contributed by atoms with Crippen molar-refractivity contribution in [3.8, 4) is 11.5 Å². The molecule has 3 aromatic rings. The largest absolute Gasteiger partial charge is 0.418 e. The molecule has 2 heterocycles. The third-order valence-corrected chi connectivity index (χ3v) is 3.49. The number of nitrogen functional groups attached to an aromatic ring is 2. The van der Waals surface area contributed by atoms with Crippen LogP contribution in [-0.4, -0.2) is 19.9 Å². The Hall–Kier alpha value is -3.34. The summed E-state index contributed by atoms with van der Waals surface area (Å²) in [5.41, 5.74) is 10.2. The molecule has 0 amide bonds. The maximum Gasteiger partial charge on any atom is 0.418 e. The molecule has 8 nitrogen and oxygen atoms in total. The molecule has 0 bridgehead atoms. The number of azo groups is 1. The van der Waals surface area contributed by atoms with Crippen LogP contribution in [0, 0.1) is 0 Å². The second kappa shape index (κ2) is 7.11. The van der Waals surface area contributed by atoms with Crippen LogP contribution in [0.3, 0.4) is 0 Å². The number of hydrogen-bond acceptors (Lipinski definition) is 8. The number of nitrogens with zero attached hydrogens (tertiary/aromatic N) is 6. The normalized spacial score (nSPS) is 11.9. The molecule has 3 rings (SSSR count). The molecule has 0 aliphatic carbocycles. The van der Waals surface area contributed by atoms with Gasteiger partial charge in [-0.3, -0.25) is 4.98 Å². The van der Waals surface area contributed by atoms with Gasteiger partial charge in [-0.25, -0.2) is 15.0 Å². The van der Waals surface area contributed by atoms with E-state index in [1.165, 1.54) is 24.7 Å². The zero-order chi connectivity index (χ0) is 19.6. The molecule has 1 aromatic carbocycles. The summed E-state index contributed by atoms with van der Waals surface area (Å²) in [5.74, 6) is -0.247. The number of aromatic nitrogens is 4. The highest BCUT2D eigenvalue weighted by Gasteiger charge is 2.34. The lowest BCUT2D eigenvalue weighted by molar-refractivity contribution is -0.137. The van der Waals surface area contributed by atoms with Crippen LogP contribution in [0.1, 0.15) is 5.56 Å². The molecule has 0 saturated carbocycles. The summed E-state index contributed by atoms with van der Waals surface area (Å²) in [4.78, 5) is 15.9. The molecule has 0 radical (unpaired) electrons. The summed E-state index contributed by atoms with van der Waals surface area (Å²) < 4.78 is 39.3. The van der Waals surface area contributed by atoms with Crippen LogP contribution in [0.4, 0.5) is 36.2 Å². The minimum Gasteiger partial charge on any atom is -0.382 e. The van der Waals surface area contributed by atoms with Crippen molar-refractivity contribution >= 4 is 34.6 Å². The zero-order valence-electron chi connectivity index (χ0n) is 13.3. The predicted molar refractivity (Wildman–Crippen MR) is 92.5 cm³/mol. The molecule has 0 unspecified atom stereocenters. The standard InChI is InChI=1S/C15H10ClF3N8/c16-7-1-2-9(8(5-7)15(17,18)19)26-27-11-12(20)24-14(25-13(11)21)10-6-22-3-4-23-10/h1-6H,(H4,20,21,24,25). The summed E-state index contributed by atoms with van der Waals surface area (Å²) in [7, 11) is 0. The van der Waals surface area contributed by atoms with Gasteiger partial charge in [0, 0.05) is 17.4 Å². The van der Waals surface area contributed by atoms with Crippen molar-refractivity contribution in [2.75, 3.05) is 11.5 Å². The first-order valence-corrected chi connectivity index (χ1v) is 7.61. The Labute approximate surface area is 155 Å². The lowest BCUT2D eigenvalue weighted by Gasteiger charge is -2.09. The first kappa shape index (κ1) is 18.5. The first-order valence-electron chi connectivity index (χ1n) is 7.23. The number of rotatable bonds is 3. The second-order valence-corrected chi connectivity index (χ2v) is 5.55. The maximum atomic E-state index is 13.1. The van der Waals surface area contributed by atoms with E-state index < -0.39 is 17.4 Å². The average molecular weight is 395 g/mol. The molecule has 12 heteroatoms. The van der Waals surface area contributed by atoms with E-state index in [0.29, 0.717) is 5.69 Å². The summed E-state index contributed by atoms with van der Waals surface area (Å²) in [6.07, 6.45) is -0.373. The van der Waals surface area contributed by atoms with Gasteiger partial charge in [0.05, 0.1) is 17.4 Å². The van der Waals surface area contributed by atoms with Crippen LogP contribution in [0.5, 0.6) is 0 Å². The molecule has 0 spiro atoms. The van der Waals surface area contributed by atoms with Gasteiger partial charge in [0.2, 0.25) is 0 Å². The molecule has 0 aliphatic heterocycles. The van der Waals surface area contributed by atoms with E-state index in [9.17, 15) is 13.2 Å². The smallest absolute Gasteiger partial charge is 0.382 e. The van der Waals surface area contributed by atoms with E-state index in [0.717, 1.165) is 12.1 Å². The molecule has 0 saturated heterocycles. The lowest BCUT2D eigenvalue weighted by atomic mass is 10.2. The van der Waals surface area contributed by atoms with Crippen molar-refractivity contribution < 1.29 is 13.2 Å². The van der Waals surface area contributed by atoms with Gasteiger partial charge in [0.1, 0.15) is 5.69 Å². The van der Waals surface area contributed by atoms with Crippen LogP contribution in [0.2, 0.25) is 5.02 Å². The van der Waals surface area contributed by atoms with Crippen molar-refractivity contribution in [3.63, 3.8) is 0 Å². The van der Waals surface area contributed by atoms with Gasteiger partial charge in [-0.1, -0.05) is 11.6 Å². The van der Waals surface area contributed by atoms with E-state index >= 15 is 0 Å². The van der Waals surface area contributed by atoms with E-state index in [-0.39, 0.29) is 28.2 Å². The van der Waals surface area contributed by atoms with Crippen LogP contribution in [0.25, 0.3) is 11.5 Å². The molecule has 4 N–H and O–H groups in total. The Bertz CT molecular complexity index is 985. The predicted octanol–water partition coefficient (Wildman–Crippen LogP) is 4.19. The van der Waals surface area contributed by atoms with Crippen molar-refractivity contribution in [1.82, 2.24) is 19.9 Å². The first-order chi connectivity index (χ1) is 12.8. The van der Waals surface area contributed by atoms with E-state index in [4.69, 9.17) is 23.1 Å². The number of alkyl halides is 3. The average Bonchev–Trinajstić information content (AvgIpc) is 2.62. The molecular weight excluding hydrogens is 385 g/mol. The van der Waals surface area contributed by atoms with Crippen LogP contribution in [0.15, 0.2) is 47.0 Å². The highest BCUT2D eigenvalue weighted by atomic mass is 35.5. The zero-order valence-corrected chi connectivity index (χ0v) is 14.1. The number of halogens is 4. The van der Waals surface area contributed by atoms with E-state index in [1.54, 1.807) is 0 Å². The highest BCUT2D eigenvalue weighted by molar-refractivity contribution is 6.30. The Morgan fingerprint density at radius 3 is 2.30 bits per heavy atom. The van der Waals surface area contributed by atoms with Crippen molar-refractivity contribution in [3.05, 3.63) is 47.4 Å². The molecule has 0 fully saturated rings. The second-order valence-electron chi connectivity index (χ2n) is 5.12. The fourth-order valence-corrected chi connectivity index (χ4v) is 2.22. The third-order valence-electron chi connectivity index (χ3n) is 3.25. The monoisotopic (exact) mass is 394 g/mol. The SMILES string of the molecule is Nc1nc(-c2cnccn2)nc(N)c1N=Nc1ccc(Cl)cc1C(F)(F)F. The minimum atomic E-state index is -4.66. The number of nitrogens with two attached hydrogens (primary N) is 2. The Balaban J connectivity index is 2.00. The minimum absolute atomic E-state index is 0.0861. The quantitative estimate of drug-likeness (QED) is 0.641. The fraction of sp³-hybridized carbons (Fsp3) is 0.0667. The topological polar surface area (TPSA) is 128 Å². The third kappa shape index (κ3) is 4.08. The van der Waals surface area contributed by atoms with Gasteiger partial charge in [0.15, 0.2) is 23.1 Å². The van der Waals surface area contributed by atoms with E-state index in [1.807, 2.05) is 0 Å². The van der Waals surface area contributed by atoms with Gasteiger partial charge in [0.25, 0.3) is 0 Å². The van der Waals surface area contributed by atoms with E-state index in [2.05, 4.69) is 30.2 Å². The summed E-state index contributed by atoms with van der Waals surface area (Å²) in [6.45, 7) is 0. The molecule has 27 heavy (non-hydrogen) atoms. The van der Waals surface area contributed by atoms with Gasteiger partial charge in [-0.05, 0) is 18.2 Å². The summed E-state index contributed by atoms with van der Waals surface area (Å²) in [6, 6.07) is 3.08. The van der Waals surface area contributed by atoms with Crippen molar-refractivity contribution in [2.45, 2.75) is 6.18 Å². The van der Waals surface area contributed by atoms with Gasteiger partial charge < -0.3 is 11.5 Å². The number of benzene rings is 1. The van der Waals surface area contributed by atoms with Crippen molar-refractivity contribution in [1.29, 1.82) is 0 Å². The Morgan fingerprint density at radius 1 is 1.00 bits per heavy atom. The molecule has 0 aliphatic rings. The van der Waals surface area contributed by atoms with Gasteiger partial charge >= 0.3 is 6.18 Å². The Kier molecular flexibility index (Phi) is 4.86. The maximum absolute atomic E-state index is 13.1.